The van der Waals surface area contributed by atoms with Crippen molar-refractivity contribution in [3.8, 4) is 0 Å². The number of allylic oxidation sites excluding steroid dienone is 2. The van der Waals surface area contributed by atoms with E-state index in [9.17, 15) is 19.5 Å². The van der Waals surface area contributed by atoms with Crippen LogP contribution in [-0.4, -0.2) is 40.4 Å². The fourth-order valence-electron chi connectivity index (χ4n) is 3.87. The van der Waals surface area contributed by atoms with Crippen LogP contribution in [0.25, 0.3) is 0 Å². The van der Waals surface area contributed by atoms with Gasteiger partial charge in [-0.1, -0.05) is 12.2 Å². The second-order valence-corrected chi connectivity index (χ2v) is 7.40. The summed E-state index contributed by atoms with van der Waals surface area (Å²) >= 11 is 0. The highest BCUT2D eigenvalue weighted by atomic mass is 16.4. The number of hydrogen-bond donors (Lipinski definition) is 2. The number of carboxylic acids is 1. The van der Waals surface area contributed by atoms with Gasteiger partial charge in [-0.2, -0.15) is 0 Å². The predicted molar refractivity (Wildman–Crippen MR) is 102 cm³/mol. The second-order valence-electron chi connectivity index (χ2n) is 7.40. The van der Waals surface area contributed by atoms with E-state index < -0.39 is 17.8 Å². The van der Waals surface area contributed by atoms with Gasteiger partial charge in [0.15, 0.2) is 0 Å². The number of aliphatic carboxylic acids is 1. The summed E-state index contributed by atoms with van der Waals surface area (Å²) in [6.07, 6.45) is 7.67. The first-order valence-corrected chi connectivity index (χ1v) is 9.57. The number of nitrogens with one attached hydrogen (secondary N) is 1. The Kier molecular flexibility index (Phi) is 5.94. The number of anilines is 1. The SMILES string of the molecule is C[C@@H]1CCCCN1C(=O)c1ccc(NC(=O)[C@H]2CC=CC[C@@H]2C(=O)O)cc1. The zero-order valence-corrected chi connectivity index (χ0v) is 15.6. The van der Waals surface area contributed by atoms with Gasteiger partial charge >= 0.3 is 5.97 Å². The van der Waals surface area contributed by atoms with Crippen LogP contribution in [0.15, 0.2) is 36.4 Å². The smallest absolute Gasteiger partial charge is 0.307 e. The first kappa shape index (κ1) is 19.1. The molecule has 1 aliphatic carbocycles. The number of nitrogens with zero attached hydrogens (tertiary/aromatic N) is 1. The maximum atomic E-state index is 12.7. The molecule has 2 aliphatic rings. The third-order valence-electron chi connectivity index (χ3n) is 5.55. The quantitative estimate of drug-likeness (QED) is 0.796. The number of carboxylic acid groups (broad SMARTS) is 1. The number of benzene rings is 1. The van der Waals surface area contributed by atoms with Gasteiger partial charge in [0.05, 0.1) is 11.8 Å². The van der Waals surface area contributed by atoms with Crippen LogP contribution in [-0.2, 0) is 9.59 Å². The predicted octanol–water partition coefficient (Wildman–Crippen LogP) is 3.31. The largest absolute Gasteiger partial charge is 0.481 e. The molecule has 1 heterocycles. The maximum Gasteiger partial charge on any atom is 0.307 e. The van der Waals surface area contributed by atoms with Gasteiger partial charge in [0, 0.05) is 23.8 Å². The normalized spacial score (nSPS) is 25.1. The van der Waals surface area contributed by atoms with Gasteiger partial charge in [0.2, 0.25) is 5.91 Å². The van der Waals surface area contributed by atoms with E-state index in [-0.39, 0.29) is 17.9 Å². The van der Waals surface area contributed by atoms with E-state index in [0.717, 1.165) is 25.8 Å². The Hall–Kier alpha value is -2.63. The summed E-state index contributed by atoms with van der Waals surface area (Å²) in [6.45, 7) is 2.85. The lowest BCUT2D eigenvalue weighted by atomic mass is 9.82. The number of carbonyl (C=O) groups is 3. The standard InChI is InChI=1S/C21H26N2O4/c1-14-6-4-5-13-23(14)20(25)15-9-11-16(12-10-15)22-19(24)17-7-2-3-8-18(17)21(26)27/h2-3,9-12,14,17-18H,4-8,13H2,1H3,(H,22,24)(H,26,27)/t14-,17+,18+/m1/s1. The van der Waals surface area contributed by atoms with Gasteiger partial charge in [-0.15, -0.1) is 0 Å². The van der Waals surface area contributed by atoms with Crippen molar-refractivity contribution < 1.29 is 19.5 Å². The van der Waals surface area contributed by atoms with Crippen LogP contribution >= 0.6 is 0 Å². The van der Waals surface area contributed by atoms with Crippen molar-refractivity contribution in [3.63, 3.8) is 0 Å². The molecule has 0 aromatic heterocycles. The molecule has 1 aromatic carbocycles. The van der Waals surface area contributed by atoms with E-state index in [1.165, 1.54) is 0 Å². The minimum Gasteiger partial charge on any atom is -0.481 e. The first-order valence-electron chi connectivity index (χ1n) is 9.57. The Morgan fingerprint density at radius 1 is 1.04 bits per heavy atom. The Morgan fingerprint density at radius 2 is 1.70 bits per heavy atom. The Balaban J connectivity index is 1.65. The highest BCUT2D eigenvalue weighted by Crippen LogP contribution is 2.27. The van der Waals surface area contributed by atoms with Gasteiger partial charge in [0.1, 0.15) is 0 Å². The molecule has 1 fully saturated rings. The van der Waals surface area contributed by atoms with Crippen LogP contribution in [0.1, 0.15) is 49.4 Å². The number of rotatable bonds is 4. The van der Waals surface area contributed by atoms with Gasteiger partial charge in [0.25, 0.3) is 5.91 Å². The van der Waals surface area contributed by atoms with E-state index in [0.29, 0.717) is 24.1 Å². The van der Waals surface area contributed by atoms with Gasteiger partial charge < -0.3 is 15.3 Å². The molecular formula is C21H26N2O4. The second kappa shape index (κ2) is 8.37. The lowest BCUT2D eigenvalue weighted by Crippen LogP contribution is -2.42. The summed E-state index contributed by atoms with van der Waals surface area (Å²) < 4.78 is 0. The van der Waals surface area contributed by atoms with Crippen LogP contribution in [0.2, 0.25) is 0 Å². The van der Waals surface area contributed by atoms with Crippen molar-refractivity contribution in [2.24, 2.45) is 11.8 Å². The number of likely N-dealkylation sites (tertiary alicyclic amines) is 1. The van der Waals surface area contributed by atoms with Crippen LogP contribution < -0.4 is 5.32 Å². The fourth-order valence-corrected chi connectivity index (χ4v) is 3.87. The molecule has 0 bridgehead atoms. The molecule has 0 unspecified atom stereocenters. The molecule has 144 valence electrons. The molecule has 0 saturated carbocycles. The minimum atomic E-state index is -0.948. The van der Waals surface area contributed by atoms with Crippen LogP contribution in [0.4, 0.5) is 5.69 Å². The summed E-state index contributed by atoms with van der Waals surface area (Å²) in [5.74, 6) is -2.51. The van der Waals surface area contributed by atoms with E-state index in [4.69, 9.17) is 0 Å². The third kappa shape index (κ3) is 4.38. The molecule has 3 atom stereocenters. The lowest BCUT2D eigenvalue weighted by molar-refractivity contribution is -0.146. The molecule has 1 aromatic rings. The topological polar surface area (TPSA) is 86.7 Å². The van der Waals surface area contributed by atoms with Crippen molar-refractivity contribution >= 4 is 23.5 Å². The highest BCUT2D eigenvalue weighted by Gasteiger charge is 2.34. The van der Waals surface area contributed by atoms with Gasteiger partial charge in [-0.05, 0) is 63.3 Å². The van der Waals surface area contributed by atoms with Crippen molar-refractivity contribution in [1.82, 2.24) is 4.90 Å². The molecule has 3 rings (SSSR count). The Labute approximate surface area is 159 Å². The molecule has 1 saturated heterocycles. The van der Waals surface area contributed by atoms with Crippen molar-refractivity contribution in [2.45, 2.75) is 45.1 Å². The van der Waals surface area contributed by atoms with Crippen LogP contribution in [0.5, 0.6) is 0 Å². The van der Waals surface area contributed by atoms with E-state index in [1.54, 1.807) is 24.3 Å². The molecule has 6 heteroatoms. The molecule has 0 spiro atoms. The summed E-state index contributed by atoms with van der Waals surface area (Å²) in [7, 11) is 0. The molecule has 2 N–H and O–H groups in total. The molecule has 0 radical (unpaired) electrons. The van der Waals surface area contributed by atoms with Crippen LogP contribution in [0.3, 0.4) is 0 Å². The summed E-state index contributed by atoms with van der Waals surface area (Å²) in [4.78, 5) is 38.5. The highest BCUT2D eigenvalue weighted by molar-refractivity contribution is 5.97. The van der Waals surface area contributed by atoms with Gasteiger partial charge in [-0.3, -0.25) is 14.4 Å². The minimum absolute atomic E-state index is 0.0171. The van der Waals surface area contributed by atoms with Crippen molar-refractivity contribution in [3.05, 3.63) is 42.0 Å². The summed E-state index contributed by atoms with van der Waals surface area (Å²) in [5, 5.41) is 12.1. The fraction of sp³-hybridized carbons (Fsp3) is 0.476. The third-order valence-corrected chi connectivity index (χ3v) is 5.55. The number of hydrogen-bond acceptors (Lipinski definition) is 3. The Bertz CT molecular complexity index is 741. The summed E-state index contributed by atoms with van der Waals surface area (Å²) in [5.41, 5.74) is 1.17. The van der Waals surface area contributed by atoms with Crippen LogP contribution in [0, 0.1) is 11.8 Å². The van der Waals surface area contributed by atoms with Gasteiger partial charge in [-0.25, -0.2) is 0 Å². The molecule has 1 aliphatic heterocycles. The lowest BCUT2D eigenvalue weighted by Gasteiger charge is -2.33. The first-order chi connectivity index (χ1) is 13.0. The molecule has 6 nitrogen and oxygen atoms in total. The number of piperidine rings is 1. The van der Waals surface area contributed by atoms with E-state index >= 15 is 0 Å². The monoisotopic (exact) mass is 370 g/mol. The molecule has 27 heavy (non-hydrogen) atoms. The average molecular weight is 370 g/mol. The van der Waals surface area contributed by atoms with E-state index in [1.807, 2.05) is 17.1 Å². The van der Waals surface area contributed by atoms with Crippen molar-refractivity contribution in [1.29, 1.82) is 0 Å². The zero-order chi connectivity index (χ0) is 19.4. The number of carbonyl (C=O) groups excluding carboxylic acids is 2. The van der Waals surface area contributed by atoms with E-state index in [2.05, 4.69) is 12.2 Å². The number of amides is 2. The molecular weight excluding hydrogens is 344 g/mol. The average Bonchev–Trinajstić information content (AvgIpc) is 2.68. The molecule has 2 amide bonds. The summed E-state index contributed by atoms with van der Waals surface area (Å²) in [6, 6.07) is 7.09. The Morgan fingerprint density at radius 3 is 2.33 bits per heavy atom. The zero-order valence-electron chi connectivity index (χ0n) is 15.6. The maximum absolute atomic E-state index is 12.7. The van der Waals surface area contributed by atoms with Crippen molar-refractivity contribution in [2.75, 3.05) is 11.9 Å².